The van der Waals surface area contributed by atoms with Gasteiger partial charge in [0.2, 0.25) is 11.8 Å². The molecule has 1 atom stereocenters. The lowest BCUT2D eigenvalue weighted by molar-refractivity contribution is -0.120. The number of para-hydroxylation sites is 1. The van der Waals surface area contributed by atoms with Gasteiger partial charge in [0, 0.05) is 16.2 Å². The number of carbonyl (C=O) groups is 3. The number of rotatable bonds is 5. The summed E-state index contributed by atoms with van der Waals surface area (Å²) >= 11 is 2.72. The third-order valence-electron chi connectivity index (χ3n) is 4.28. The average molecular weight is 405 g/mol. The molecule has 2 heterocycles. The van der Waals surface area contributed by atoms with E-state index in [-0.39, 0.29) is 18.2 Å². The first-order valence-corrected chi connectivity index (χ1v) is 10.2. The van der Waals surface area contributed by atoms with E-state index >= 15 is 0 Å². The maximum Gasteiger partial charge on any atom is 0.341 e. The van der Waals surface area contributed by atoms with Gasteiger partial charge in [0.15, 0.2) is 0 Å². The fourth-order valence-electron chi connectivity index (χ4n) is 2.98. The van der Waals surface area contributed by atoms with Crippen molar-refractivity contribution in [3.05, 3.63) is 40.3 Å². The molecule has 1 aliphatic rings. The van der Waals surface area contributed by atoms with Gasteiger partial charge in [-0.2, -0.15) is 0 Å². The predicted molar refractivity (Wildman–Crippen MR) is 108 cm³/mol. The number of thioether (sulfide) groups is 1. The number of aryl methyl sites for hydroxylation is 1. The first-order valence-electron chi connectivity index (χ1n) is 8.51. The first-order chi connectivity index (χ1) is 12.9. The molecule has 1 aliphatic heterocycles. The molecule has 0 radical (unpaired) electrons. The first kappa shape index (κ1) is 19.4. The van der Waals surface area contributed by atoms with Crippen molar-refractivity contribution in [1.82, 2.24) is 0 Å². The predicted octanol–water partition coefficient (Wildman–Crippen LogP) is 3.85. The van der Waals surface area contributed by atoms with Gasteiger partial charge in [0.1, 0.15) is 5.00 Å². The van der Waals surface area contributed by atoms with Crippen LogP contribution in [0.3, 0.4) is 0 Å². The zero-order valence-electron chi connectivity index (χ0n) is 15.3. The summed E-state index contributed by atoms with van der Waals surface area (Å²) < 4.78 is 4.87. The summed E-state index contributed by atoms with van der Waals surface area (Å²) in [6.45, 7) is 3.86. The molecule has 0 saturated carbocycles. The molecule has 8 heteroatoms. The Hall–Kier alpha value is -2.32. The zero-order valence-corrected chi connectivity index (χ0v) is 16.9. The minimum Gasteiger partial charge on any atom is -0.465 e. The number of ether oxygens (including phenoxy) is 1. The molecule has 0 saturated heterocycles. The highest BCUT2D eigenvalue weighted by Gasteiger charge is 2.30. The molecule has 2 aromatic rings. The van der Waals surface area contributed by atoms with Gasteiger partial charge in [0.05, 0.1) is 23.6 Å². The second kappa shape index (κ2) is 8.14. The molecule has 1 aromatic carbocycles. The van der Waals surface area contributed by atoms with Crippen LogP contribution in [-0.4, -0.2) is 30.1 Å². The largest absolute Gasteiger partial charge is 0.465 e. The molecule has 27 heavy (non-hydrogen) atoms. The summed E-state index contributed by atoms with van der Waals surface area (Å²) in [6, 6.07) is 7.49. The lowest BCUT2D eigenvalue weighted by Gasteiger charge is -2.23. The monoisotopic (exact) mass is 404 g/mol. The van der Waals surface area contributed by atoms with Crippen LogP contribution in [0.25, 0.3) is 0 Å². The highest BCUT2D eigenvalue weighted by Crippen LogP contribution is 2.38. The number of nitrogens with one attached hydrogen (secondary N) is 2. The van der Waals surface area contributed by atoms with Gasteiger partial charge in [-0.25, -0.2) is 4.79 Å². The van der Waals surface area contributed by atoms with Crippen LogP contribution in [-0.2, 0) is 20.7 Å². The second-order valence-electron chi connectivity index (χ2n) is 6.03. The van der Waals surface area contributed by atoms with E-state index in [1.165, 1.54) is 30.2 Å². The van der Waals surface area contributed by atoms with Crippen LogP contribution in [0.2, 0.25) is 0 Å². The third kappa shape index (κ3) is 4.01. The highest BCUT2D eigenvalue weighted by molar-refractivity contribution is 8.01. The number of anilines is 2. The Labute approximate surface area is 165 Å². The van der Waals surface area contributed by atoms with E-state index in [0.29, 0.717) is 17.0 Å². The van der Waals surface area contributed by atoms with Gasteiger partial charge in [-0.15, -0.1) is 23.1 Å². The van der Waals surface area contributed by atoms with Crippen LogP contribution in [0.4, 0.5) is 10.7 Å². The van der Waals surface area contributed by atoms with Crippen LogP contribution in [0, 0.1) is 6.92 Å². The Balaban J connectivity index is 1.75. The van der Waals surface area contributed by atoms with E-state index in [1.807, 2.05) is 38.1 Å². The summed E-state index contributed by atoms with van der Waals surface area (Å²) in [5.41, 5.74) is 2.04. The van der Waals surface area contributed by atoms with Crippen molar-refractivity contribution >= 4 is 51.6 Å². The van der Waals surface area contributed by atoms with Crippen molar-refractivity contribution in [2.24, 2.45) is 0 Å². The SMILES string of the molecule is CCc1c(C)sc(NC(=O)CC2Sc3ccccc3NC2=O)c1C(=O)OC. The van der Waals surface area contributed by atoms with E-state index in [1.54, 1.807) is 0 Å². The lowest BCUT2D eigenvalue weighted by Crippen LogP contribution is -2.32. The molecular weight excluding hydrogens is 384 g/mol. The van der Waals surface area contributed by atoms with E-state index in [0.717, 1.165) is 21.0 Å². The maximum atomic E-state index is 12.6. The molecule has 6 nitrogen and oxygen atoms in total. The Kier molecular flexibility index (Phi) is 5.86. The molecule has 0 fully saturated rings. The number of methoxy groups -OCH3 is 1. The van der Waals surface area contributed by atoms with Crippen LogP contribution < -0.4 is 10.6 Å². The van der Waals surface area contributed by atoms with Crippen LogP contribution in [0.5, 0.6) is 0 Å². The van der Waals surface area contributed by atoms with Gasteiger partial charge in [0.25, 0.3) is 0 Å². The quantitative estimate of drug-likeness (QED) is 0.740. The molecule has 2 N–H and O–H groups in total. The number of hydrogen-bond acceptors (Lipinski definition) is 6. The summed E-state index contributed by atoms with van der Waals surface area (Å²) in [6.07, 6.45) is 0.685. The minimum absolute atomic E-state index is 0.0177. The molecule has 1 unspecified atom stereocenters. The van der Waals surface area contributed by atoms with Crippen molar-refractivity contribution in [1.29, 1.82) is 0 Å². The van der Waals surface area contributed by atoms with Crippen LogP contribution >= 0.6 is 23.1 Å². The maximum absolute atomic E-state index is 12.6. The summed E-state index contributed by atoms with van der Waals surface area (Å²) in [7, 11) is 1.32. The van der Waals surface area contributed by atoms with Gasteiger partial charge >= 0.3 is 5.97 Å². The van der Waals surface area contributed by atoms with Crippen LogP contribution in [0.1, 0.15) is 34.1 Å². The average Bonchev–Trinajstić information content (AvgIpc) is 2.96. The van der Waals surface area contributed by atoms with Gasteiger partial charge in [-0.3, -0.25) is 9.59 Å². The Morgan fingerprint density at radius 3 is 2.74 bits per heavy atom. The fourth-order valence-corrected chi connectivity index (χ4v) is 5.24. The summed E-state index contributed by atoms with van der Waals surface area (Å²) in [4.78, 5) is 38.9. The number of esters is 1. The number of carbonyl (C=O) groups excluding carboxylic acids is 3. The Bertz CT molecular complexity index is 907. The molecule has 0 spiro atoms. The molecule has 1 aromatic heterocycles. The van der Waals surface area contributed by atoms with Gasteiger partial charge in [-0.05, 0) is 31.0 Å². The topological polar surface area (TPSA) is 84.5 Å². The zero-order chi connectivity index (χ0) is 19.6. The minimum atomic E-state index is -0.520. The molecule has 0 bridgehead atoms. The van der Waals surface area contributed by atoms with E-state index in [4.69, 9.17) is 4.74 Å². The van der Waals surface area contributed by atoms with Gasteiger partial charge in [-0.1, -0.05) is 19.1 Å². The van der Waals surface area contributed by atoms with Crippen molar-refractivity contribution in [3.63, 3.8) is 0 Å². The molecule has 0 aliphatic carbocycles. The Morgan fingerprint density at radius 1 is 1.30 bits per heavy atom. The normalized spacial score (nSPS) is 15.7. The van der Waals surface area contributed by atoms with Gasteiger partial charge < -0.3 is 15.4 Å². The van der Waals surface area contributed by atoms with E-state index in [2.05, 4.69) is 10.6 Å². The third-order valence-corrected chi connectivity index (χ3v) is 6.62. The summed E-state index contributed by atoms with van der Waals surface area (Å²) in [5, 5.41) is 5.58. The van der Waals surface area contributed by atoms with Crippen molar-refractivity contribution in [3.8, 4) is 0 Å². The molecule has 142 valence electrons. The molecular formula is C19H20N2O4S2. The van der Waals surface area contributed by atoms with E-state index < -0.39 is 11.2 Å². The number of fused-ring (bicyclic) bond motifs is 1. The number of benzene rings is 1. The number of hydrogen-bond donors (Lipinski definition) is 2. The van der Waals surface area contributed by atoms with Crippen molar-refractivity contribution in [2.45, 2.75) is 36.8 Å². The molecule has 3 rings (SSSR count). The standard InChI is InChI=1S/C19H20N2O4S2/c1-4-11-10(2)26-18(16(11)19(24)25-3)21-15(22)9-14-17(23)20-12-7-5-6-8-13(12)27-14/h5-8,14H,4,9H2,1-3H3,(H,20,23)(H,21,22). The highest BCUT2D eigenvalue weighted by atomic mass is 32.2. The van der Waals surface area contributed by atoms with Crippen molar-refractivity contribution in [2.75, 3.05) is 17.7 Å². The van der Waals surface area contributed by atoms with Crippen molar-refractivity contribution < 1.29 is 19.1 Å². The van der Waals surface area contributed by atoms with E-state index in [9.17, 15) is 14.4 Å². The smallest absolute Gasteiger partial charge is 0.341 e. The summed E-state index contributed by atoms with van der Waals surface area (Å²) in [5.74, 6) is -0.972. The lowest BCUT2D eigenvalue weighted by atomic mass is 10.1. The van der Waals surface area contributed by atoms with Crippen LogP contribution in [0.15, 0.2) is 29.2 Å². The second-order valence-corrected chi connectivity index (χ2v) is 8.50. The molecule has 2 amide bonds. The fraction of sp³-hybridized carbons (Fsp3) is 0.316. The Morgan fingerprint density at radius 2 is 2.04 bits per heavy atom. The number of thiophene rings is 1. The number of amides is 2.